The van der Waals surface area contributed by atoms with E-state index in [0.29, 0.717) is 0 Å². The highest BCUT2D eigenvalue weighted by molar-refractivity contribution is 7.98. The lowest BCUT2D eigenvalue weighted by molar-refractivity contribution is 1.38. The standard InChI is InChI=1S/C22H23PS2/c1-24-16-18-10-9-11-19(17-25-2)22(18)23(20-12-5-3-6-13-20)21-14-7-4-8-15-21/h3-15H,16-17H2,1-2H3. The summed E-state index contributed by atoms with van der Waals surface area (Å²) in [6.07, 6.45) is 4.39. The van der Waals surface area contributed by atoms with Crippen molar-refractivity contribution < 1.29 is 0 Å². The molecule has 3 heteroatoms. The van der Waals surface area contributed by atoms with E-state index in [4.69, 9.17) is 0 Å². The van der Waals surface area contributed by atoms with Gasteiger partial charge in [0.25, 0.3) is 0 Å². The van der Waals surface area contributed by atoms with Crippen molar-refractivity contribution in [2.45, 2.75) is 11.5 Å². The zero-order valence-corrected chi connectivity index (χ0v) is 17.2. The summed E-state index contributed by atoms with van der Waals surface area (Å²) in [5.41, 5.74) is 2.97. The SMILES string of the molecule is CSCc1cccc(CSC)c1P(c1ccccc1)c1ccccc1. The van der Waals surface area contributed by atoms with Gasteiger partial charge in [-0.3, -0.25) is 0 Å². The first kappa shape index (κ1) is 18.6. The smallest absolute Gasteiger partial charge is 0.0188 e. The van der Waals surface area contributed by atoms with E-state index in [1.54, 1.807) is 5.30 Å². The normalized spacial score (nSPS) is 11.0. The van der Waals surface area contributed by atoms with E-state index in [0.717, 1.165) is 11.5 Å². The number of hydrogen-bond donors (Lipinski definition) is 0. The van der Waals surface area contributed by atoms with Gasteiger partial charge in [-0.1, -0.05) is 78.9 Å². The molecule has 0 aromatic heterocycles. The minimum Gasteiger partial charge on any atom is -0.161 e. The molecule has 25 heavy (non-hydrogen) atoms. The lowest BCUT2D eigenvalue weighted by Gasteiger charge is -2.25. The Morgan fingerprint density at radius 3 is 1.44 bits per heavy atom. The maximum absolute atomic E-state index is 2.32. The summed E-state index contributed by atoms with van der Waals surface area (Å²) in [6, 6.07) is 28.9. The maximum atomic E-state index is 2.32. The molecule has 0 radical (unpaired) electrons. The molecular formula is C22H23PS2. The van der Waals surface area contributed by atoms with Crippen LogP contribution in [0.4, 0.5) is 0 Å². The van der Waals surface area contributed by atoms with Crippen LogP contribution in [0.2, 0.25) is 0 Å². The molecule has 0 unspecified atom stereocenters. The van der Waals surface area contributed by atoms with Gasteiger partial charge in [0.1, 0.15) is 0 Å². The first-order valence-corrected chi connectivity index (χ1v) is 12.5. The van der Waals surface area contributed by atoms with Gasteiger partial charge >= 0.3 is 0 Å². The van der Waals surface area contributed by atoms with Gasteiger partial charge in [0.2, 0.25) is 0 Å². The van der Waals surface area contributed by atoms with Crippen molar-refractivity contribution in [3.8, 4) is 0 Å². The molecule has 3 rings (SSSR count). The summed E-state index contributed by atoms with van der Waals surface area (Å²) in [5.74, 6) is 2.13. The molecule has 0 bridgehead atoms. The summed E-state index contributed by atoms with van der Waals surface area (Å²) in [7, 11) is -0.537. The van der Waals surface area contributed by atoms with Crippen molar-refractivity contribution in [1.82, 2.24) is 0 Å². The third-order valence-corrected chi connectivity index (χ3v) is 7.91. The van der Waals surface area contributed by atoms with Crippen molar-refractivity contribution in [3.63, 3.8) is 0 Å². The number of thioether (sulfide) groups is 2. The second kappa shape index (κ2) is 9.48. The summed E-state index contributed by atoms with van der Waals surface area (Å²) in [5, 5.41) is 4.41. The van der Waals surface area contributed by atoms with Gasteiger partial charge in [-0.25, -0.2) is 0 Å². The summed E-state index contributed by atoms with van der Waals surface area (Å²) in [4.78, 5) is 0. The number of rotatable bonds is 7. The van der Waals surface area contributed by atoms with Crippen molar-refractivity contribution in [2.24, 2.45) is 0 Å². The fourth-order valence-corrected chi connectivity index (χ4v) is 6.99. The van der Waals surface area contributed by atoms with E-state index in [1.807, 2.05) is 23.5 Å². The van der Waals surface area contributed by atoms with Crippen molar-refractivity contribution >= 4 is 47.4 Å². The van der Waals surface area contributed by atoms with Crippen LogP contribution >= 0.6 is 31.4 Å². The topological polar surface area (TPSA) is 0 Å². The molecule has 0 saturated carbocycles. The van der Waals surface area contributed by atoms with E-state index in [-0.39, 0.29) is 0 Å². The highest BCUT2D eigenvalue weighted by atomic mass is 32.2. The Kier molecular flexibility index (Phi) is 7.04. The molecule has 3 aromatic carbocycles. The number of benzene rings is 3. The molecule has 128 valence electrons. The van der Waals surface area contributed by atoms with E-state index >= 15 is 0 Å². The van der Waals surface area contributed by atoms with Gasteiger partial charge in [0.15, 0.2) is 0 Å². The maximum Gasteiger partial charge on any atom is 0.0188 e. The average molecular weight is 383 g/mol. The molecule has 0 fully saturated rings. The largest absolute Gasteiger partial charge is 0.161 e. The van der Waals surface area contributed by atoms with Gasteiger partial charge in [-0.15, -0.1) is 0 Å². The van der Waals surface area contributed by atoms with Crippen LogP contribution in [0.5, 0.6) is 0 Å². The first-order valence-electron chi connectivity index (χ1n) is 8.34. The number of hydrogen-bond acceptors (Lipinski definition) is 2. The molecule has 0 nitrogen and oxygen atoms in total. The van der Waals surface area contributed by atoms with Crippen molar-refractivity contribution in [2.75, 3.05) is 12.5 Å². The Morgan fingerprint density at radius 1 is 0.600 bits per heavy atom. The van der Waals surface area contributed by atoms with Crippen LogP contribution in [-0.2, 0) is 11.5 Å². The molecule has 0 aliphatic heterocycles. The van der Waals surface area contributed by atoms with Gasteiger partial charge in [-0.05, 0) is 47.5 Å². The molecule has 0 spiro atoms. The Bertz CT molecular complexity index is 724. The van der Waals surface area contributed by atoms with Crippen LogP contribution in [0.25, 0.3) is 0 Å². The lowest BCUT2D eigenvalue weighted by atomic mass is 10.1. The fraction of sp³-hybridized carbons (Fsp3) is 0.182. The Morgan fingerprint density at radius 2 is 1.04 bits per heavy atom. The quantitative estimate of drug-likeness (QED) is 0.517. The van der Waals surface area contributed by atoms with Crippen LogP contribution in [0.1, 0.15) is 11.1 Å². The third-order valence-electron chi connectivity index (χ3n) is 4.06. The third kappa shape index (κ3) is 4.50. The van der Waals surface area contributed by atoms with E-state index in [1.165, 1.54) is 21.7 Å². The van der Waals surface area contributed by atoms with E-state index in [2.05, 4.69) is 91.4 Å². The fourth-order valence-electron chi connectivity index (χ4n) is 3.04. The Hall–Kier alpha value is -1.21. The molecule has 0 aliphatic rings. The highest BCUT2D eigenvalue weighted by Gasteiger charge is 2.22. The minimum absolute atomic E-state index is 0.537. The van der Waals surface area contributed by atoms with Gasteiger partial charge in [-0.2, -0.15) is 23.5 Å². The first-order chi connectivity index (χ1) is 12.3. The predicted octanol–water partition coefficient (Wildman–Crippen LogP) is 5.17. The van der Waals surface area contributed by atoms with Crippen molar-refractivity contribution in [3.05, 3.63) is 90.0 Å². The second-order valence-corrected chi connectivity index (χ2v) is 9.68. The molecular weight excluding hydrogens is 359 g/mol. The minimum atomic E-state index is -0.537. The van der Waals surface area contributed by atoms with Crippen molar-refractivity contribution in [1.29, 1.82) is 0 Å². The molecule has 0 N–H and O–H groups in total. The molecule has 0 aliphatic carbocycles. The summed E-state index contributed by atoms with van der Waals surface area (Å²) >= 11 is 3.81. The lowest BCUT2D eigenvalue weighted by Crippen LogP contribution is -2.25. The van der Waals surface area contributed by atoms with Crippen LogP contribution in [0, 0.1) is 0 Å². The van der Waals surface area contributed by atoms with Crippen LogP contribution < -0.4 is 15.9 Å². The Balaban J connectivity index is 2.23. The molecule has 0 heterocycles. The van der Waals surface area contributed by atoms with Gasteiger partial charge in [0.05, 0.1) is 0 Å². The Labute approximate surface area is 161 Å². The van der Waals surface area contributed by atoms with Crippen LogP contribution in [-0.4, -0.2) is 12.5 Å². The zero-order chi connectivity index (χ0) is 17.5. The second-order valence-electron chi connectivity index (χ2n) is 5.80. The average Bonchev–Trinajstić information content (AvgIpc) is 2.66. The van der Waals surface area contributed by atoms with E-state index in [9.17, 15) is 0 Å². The monoisotopic (exact) mass is 382 g/mol. The van der Waals surface area contributed by atoms with E-state index < -0.39 is 7.92 Å². The molecule has 0 atom stereocenters. The highest BCUT2D eigenvalue weighted by Crippen LogP contribution is 2.37. The summed E-state index contributed by atoms with van der Waals surface area (Å²) in [6.45, 7) is 0. The summed E-state index contributed by atoms with van der Waals surface area (Å²) < 4.78 is 0. The zero-order valence-electron chi connectivity index (χ0n) is 14.7. The predicted molar refractivity (Wildman–Crippen MR) is 120 cm³/mol. The van der Waals surface area contributed by atoms with Crippen LogP contribution in [0.3, 0.4) is 0 Å². The molecule has 0 saturated heterocycles. The van der Waals surface area contributed by atoms with Gasteiger partial charge in [0, 0.05) is 11.5 Å². The molecule has 0 amide bonds. The van der Waals surface area contributed by atoms with Gasteiger partial charge < -0.3 is 0 Å². The van der Waals surface area contributed by atoms with Crippen LogP contribution in [0.15, 0.2) is 78.9 Å². The molecule has 3 aromatic rings.